The lowest BCUT2D eigenvalue weighted by Crippen LogP contribution is -2.18. The maximum Gasteiger partial charge on any atom is 0.244 e. The Morgan fingerprint density at radius 3 is 3.15 bits per heavy atom. The van der Waals surface area contributed by atoms with Gasteiger partial charge in [0.05, 0.1) is 6.04 Å². The molecule has 5 heteroatoms. The van der Waals surface area contributed by atoms with Crippen molar-refractivity contribution in [2.45, 2.75) is 25.3 Å². The molecule has 0 amide bonds. The molecule has 2 aromatic rings. The molecule has 104 valence electrons. The van der Waals surface area contributed by atoms with Gasteiger partial charge >= 0.3 is 0 Å². The molecule has 5 nitrogen and oxygen atoms in total. The van der Waals surface area contributed by atoms with Crippen LogP contribution in [0.4, 0.5) is 0 Å². The van der Waals surface area contributed by atoms with Crippen molar-refractivity contribution in [1.29, 1.82) is 0 Å². The second-order valence-electron chi connectivity index (χ2n) is 5.75. The van der Waals surface area contributed by atoms with Gasteiger partial charge in [-0.1, -0.05) is 23.7 Å². The summed E-state index contributed by atoms with van der Waals surface area (Å²) in [5.41, 5.74) is 0.779. The molecule has 3 atom stereocenters. The fraction of sp³-hybridized carbons (Fsp3) is 0.467. The van der Waals surface area contributed by atoms with Crippen molar-refractivity contribution in [3.05, 3.63) is 30.2 Å². The van der Waals surface area contributed by atoms with Gasteiger partial charge in [0.15, 0.2) is 0 Å². The van der Waals surface area contributed by atoms with Crippen LogP contribution in [0.25, 0.3) is 11.4 Å². The Bertz CT molecular complexity index is 625. The third-order valence-electron chi connectivity index (χ3n) is 4.56. The summed E-state index contributed by atoms with van der Waals surface area (Å²) in [6.07, 6.45) is 3.86. The molecular formula is C15H17N3O2. The van der Waals surface area contributed by atoms with Crippen LogP contribution in [0.3, 0.4) is 0 Å². The highest BCUT2D eigenvalue weighted by Crippen LogP contribution is 2.44. The average molecular weight is 271 g/mol. The molecule has 2 N–H and O–H groups in total. The minimum atomic E-state index is 0.195. The lowest BCUT2D eigenvalue weighted by Gasteiger charge is -2.13. The van der Waals surface area contributed by atoms with E-state index in [0.717, 1.165) is 18.0 Å². The summed E-state index contributed by atoms with van der Waals surface area (Å²) in [5.74, 6) is 2.82. The van der Waals surface area contributed by atoms with E-state index in [4.69, 9.17) is 4.52 Å². The molecule has 1 aliphatic carbocycles. The average Bonchev–Trinajstić information content (AvgIpc) is 3.14. The Labute approximate surface area is 117 Å². The zero-order valence-electron chi connectivity index (χ0n) is 11.1. The number of nitrogens with one attached hydrogen (secondary N) is 1. The number of phenols is 1. The molecule has 4 rings (SSSR count). The van der Waals surface area contributed by atoms with Crippen LogP contribution in [0, 0.1) is 11.8 Å². The summed E-state index contributed by atoms with van der Waals surface area (Å²) in [5, 5.41) is 17.1. The number of hydrogen-bond donors (Lipinski definition) is 2. The van der Waals surface area contributed by atoms with Crippen LogP contribution in [0.1, 0.15) is 31.2 Å². The predicted molar refractivity (Wildman–Crippen MR) is 73.0 cm³/mol. The fourth-order valence-electron chi connectivity index (χ4n) is 3.58. The molecule has 1 aromatic carbocycles. The quantitative estimate of drug-likeness (QED) is 0.878. The predicted octanol–water partition coefficient (Wildman–Crippen LogP) is 2.50. The van der Waals surface area contributed by atoms with Gasteiger partial charge in [-0.05, 0) is 43.4 Å². The van der Waals surface area contributed by atoms with E-state index in [1.54, 1.807) is 18.2 Å². The Morgan fingerprint density at radius 2 is 2.25 bits per heavy atom. The highest BCUT2D eigenvalue weighted by atomic mass is 16.5. The third kappa shape index (κ3) is 1.89. The van der Waals surface area contributed by atoms with Crippen LogP contribution in [0.5, 0.6) is 5.75 Å². The summed E-state index contributed by atoms with van der Waals surface area (Å²) in [6, 6.07) is 7.12. The van der Waals surface area contributed by atoms with Crippen LogP contribution in [-0.2, 0) is 0 Å². The van der Waals surface area contributed by atoms with Crippen molar-refractivity contribution in [3.63, 3.8) is 0 Å². The zero-order chi connectivity index (χ0) is 13.5. The van der Waals surface area contributed by atoms with E-state index in [1.807, 2.05) is 6.07 Å². The third-order valence-corrected chi connectivity index (χ3v) is 4.56. The van der Waals surface area contributed by atoms with E-state index in [9.17, 15) is 5.11 Å². The zero-order valence-corrected chi connectivity index (χ0v) is 11.1. The number of aromatic nitrogens is 2. The van der Waals surface area contributed by atoms with E-state index in [1.165, 1.54) is 19.3 Å². The molecule has 2 aliphatic rings. The molecule has 0 bridgehead atoms. The van der Waals surface area contributed by atoms with Crippen LogP contribution in [0.15, 0.2) is 28.8 Å². The van der Waals surface area contributed by atoms with E-state index in [0.29, 0.717) is 17.6 Å². The Hall–Kier alpha value is -1.88. The topological polar surface area (TPSA) is 71.2 Å². The van der Waals surface area contributed by atoms with Gasteiger partial charge in [0.2, 0.25) is 11.7 Å². The first-order valence-electron chi connectivity index (χ1n) is 7.17. The molecular weight excluding hydrogens is 254 g/mol. The van der Waals surface area contributed by atoms with Crippen molar-refractivity contribution in [1.82, 2.24) is 15.5 Å². The maximum atomic E-state index is 9.52. The smallest absolute Gasteiger partial charge is 0.244 e. The van der Waals surface area contributed by atoms with E-state index in [-0.39, 0.29) is 11.8 Å². The minimum absolute atomic E-state index is 0.195. The monoisotopic (exact) mass is 271 g/mol. The fourth-order valence-corrected chi connectivity index (χ4v) is 3.58. The van der Waals surface area contributed by atoms with Gasteiger partial charge in [0.1, 0.15) is 5.75 Å². The van der Waals surface area contributed by atoms with Gasteiger partial charge < -0.3 is 14.9 Å². The Balaban J connectivity index is 1.62. The van der Waals surface area contributed by atoms with Crippen molar-refractivity contribution in [2.75, 3.05) is 6.54 Å². The first-order chi connectivity index (χ1) is 9.81. The Kier molecular flexibility index (Phi) is 2.73. The molecule has 1 aromatic heterocycles. The van der Waals surface area contributed by atoms with Crippen LogP contribution in [0.2, 0.25) is 0 Å². The molecule has 1 saturated carbocycles. The van der Waals surface area contributed by atoms with Gasteiger partial charge in [-0.3, -0.25) is 0 Å². The van der Waals surface area contributed by atoms with E-state index >= 15 is 0 Å². The lowest BCUT2D eigenvalue weighted by molar-refractivity contribution is 0.302. The maximum absolute atomic E-state index is 9.52. The van der Waals surface area contributed by atoms with Gasteiger partial charge in [0.25, 0.3) is 0 Å². The largest absolute Gasteiger partial charge is 0.508 e. The number of aromatic hydroxyl groups is 1. The summed E-state index contributed by atoms with van der Waals surface area (Å²) in [4.78, 5) is 4.51. The number of fused-ring (bicyclic) bond motifs is 1. The number of hydrogen-bond acceptors (Lipinski definition) is 5. The van der Waals surface area contributed by atoms with Crippen LogP contribution in [-0.4, -0.2) is 21.8 Å². The first-order valence-corrected chi connectivity index (χ1v) is 7.17. The van der Waals surface area contributed by atoms with Crippen molar-refractivity contribution in [2.24, 2.45) is 11.8 Å². The Morgan fingerprint density at radius 1 is 1.30 bits per heavy atom. The normalized spacial score (nSPS) is 28.7. The molecule has 3 unspecified atom stereocenters. The van der Waals surface area contributed by atoms with Crippen molar-refractivity contribution >= 4 is 0 Å². The van der Waals surface area contributed by atoms with Gasteiger partial charge in [-0.2, -0.15) is 4.98 Å². The summed E-state index contributed by atoms with van der Waals surface area (Å²) < 4.78 is 5.45. The highest BCUT2D eigenvalue weighted by molar-refractivity contribution is 5.56. The number of phenolic OH excluding ortho intramolecular Hbond substituents is 1. The molecule has 2 heterocycles. The standard InChI is InChI=1S/C15H17N3O2/c19-11-5-1-3-9(7-11)14-17-15(20-18-14)13-12-6-2-4-10(12)8-16-13/h1,3,5,7,10,12-13,16,19H,2,4,6,8H2. The lowest BCUT2D eigenvalue weighted by atomic mass is 9.94. The molecule has 20 heavy (non-hydrogen) atoms. The minimum Gasteiger partial charge on any atom is -0.508 e. The second kappa shape index (κ2) is 4.59. The number of nitrogens with zero attached hydrogens (tertiary/aromatic N) is 2. The second-order valence-corrected chi connectivity index (χ2v) is 5.75. The molecule has 1 saturated heterocycles. The van der Waals surface area contributed by atoms with Crippen LogP contribution >= 0.6 is 0 Å². The number of rotatable bonds is 2. The molecule has 2 fully saturated rings. The van der Waals surface area contributed by atoms with E-state index < -0.39 is 0 Å². The summed E-state index contributed by atoms with van der Waals surface area (Å²) >= 11 is 0. The molecule has 1 aliphatic heterocycles. The van der Waals surface area contributed by atoms with E-state index in [2.05, 4.69) is 15.5 Å². The highest BCUT2D eigenvalue weighted by Gasteiger charge is 2.42. The van der Waals surface area contributed by atoms with Gasteiger partial charge in [-0.25, -0.2) is 0 Å². The van der Waals surface area contributed by atoms with Crippen LogP contribution < -0.4 is 5.32 Å². The summed E-state index contributed by atoms with van der Waals surface area (Å²) in [6.45, 7) is 1.05. The SMILES string of the molecule is Oc1cccc(-c2noc(C3NCC4CCCC43)n2)c1. The number of benzene rings is 1. The van der Waals surface area contributed by atoms with Crippen molar-refractivity contribution < 1.29 is 9.63 Å². The van der Waals surface area contributed by atoms with Gasteiger partial charge in [0, 0.05) is 5.56 Å². The van der Waals surface area contributed by atoms with Crippen molar-refractivity contribution in [3.8, 4) is 17.1 Å². The molecule has 0 spiro atoms. The summed E-state index contributed by atoms with van der Waals surface area (Å²) in [7, 11) is 0. The first kappa shape index (κ1) is 11.9. The molecule has 0 radical (unpaired) electrons. The van der Waals surface area contributed by atoms with Gasteiger partial charge in [-0.15, -0.1) is 0 Å².